The largest absolute Gasteiger partial charge is 0.326 e. The van der Waals surface area contributed by atoms with Crippen molar-refractivity contribution in [1.82, 2.24) is 4.31 Å². The van der Waals surface area contributed by atoms with Gasteiger partial charge < -0.3 is 5.73 Å². The zero-order valence-corrected chi connectivity index (χ0v) is 9.88. The third kappa shape index (κ3) is 2.92. The first-order valence-corrected chi connectivity index (χ1v) is 7.44. The summed E-state index contributed by atoms with van der Waals surface area (Å²) in [5, 5.41) is 0. The summed E-state index contributed by atoms with van der Waals surface area (Å²) in [5.41, 5.74) is 5.87. The number of rotatable bonds is 4. The molecule has 0 aromatic heterocycles. The molecule has 1 saturated heterocycles. The lowest BCUT2D eigenvalue weighted by atomic mass is 10.2. The molecule has 1 saturated carbocycles. The third-order valence-electron chi connectivity index (χ3n) is 3.34. The van der Waals surface area contributed by atoms with Gasteiger partial charge in [0, 0.05) is 19.1 Å². The van der Waals surface area contributed by atoms with Crippen molar-refractivity contribution >= 4 is 10.0 Å². The van der Waals surface area contributed by atoms with E-state index in [4.69, 9.17) is 5.73 Å². The second-order valence-corrected chi connectivity index (χ2v) is 6.75. The molecule has 0 bridgehead atoms. The highest BCUT2D eigenvalue weighted by molar-refractivity contribution is 7.89. The number of hydrogen-bond donors (Lipinski definition) is 1. The summed E-state index contributed by atoms with van der Waals surface area (Å²) >= 11 is 0. The molecule has 2 fully saturated rings. The molecule has 15 heavy (non-hydrogen) atoms. The van der Waals surface area contributed by atoms with E-state index in [-0.39, 0.29) is 11.8 Å². The summed E-state index contributed by atoms with van der Waals surface area (Å²) in [6.07, 6.45) is 5.36. The Labute approximate surface area is 91.9 Å². The van der Waals surface area contributed by atoms with E-state index in [1.807, 2.05) is 0 Å². The van der Waals surface area contributed by atoms with Gasteiger partial charge in [0.05, 0.1) is 5.75 Å². The molecule has 1 heterocycles. The quantitative estimate of drug-likeness (QED) is 0.769. The molecule has 2 N–H and O–H groups in total. The molecule has 4 nitrogen and oxygen atoms in total. The van der Waals surface area contributed by atoms with Crippen LogP contribution in [0.2, 0.25) is 0 Å². The van der Waals surface area contributed by atoms with Crippen LogP contribution in [-0.4, -0.2) is 37.6 Å². The smallest absolute Gasteiger partial charge is 0.215 e. The molecule has 0 radical (unpaired) electrons. The summed E-state index contributed by atoms with van der Waals surface area (Å²) in [4.78, 5) is 0. The highest BCUT2D eigenvalue weighted by Gasteiger charge is 2.34. The minimum absolute atomic E-state index is 0.142. The van der Waals surface area contributed by atoms with Crippen molar-refractivity contribution in [2.75, 3.05) is 18.8 Å². The zero-order chi connectivity index (χ0) is 10.9. The molecule has 5 heteroatoms. The molecule has 1 aliphatic heterocycles. The molecule has 0 spiro atoms. The van der Waals surface area contributed by atoms with Crippen molar-refractivity contribution in [2.45, 2.75) is 38.1 Å². The SMILES string of the molecule is NC(CS(=O)(=O)N1CCCCC1)C1CC1. The lowest BCUT2D eigenvalue weighted by molar-refractivity contribution is 0.344. The Bertz CT molecular complexity index is 305. The van der Waals surface area contributed by atoms with E-state index >= 15 is 0 Å². The topological polar surface area (TPSA) is 63.4 Å². The van der Waals surface area contributed by atoms with E-state index in [1.165, 1.54) is 0 Å². The third-order valence-corrected chi connectivity index (χ3v) is 5.30. The van der Waals surface area contributed by atoms with Crippen LogP contribution in [0.15, 0.2) is 0 Å². The van der Waals surface area contributed by atoms with Gasteiger partial charge in [0.2, 0.25) is 10.0 Å². The predicted molar refractivity (Wildman–Crippen MR) is 59.9 cm³/mol. The van der Waals surface area contributed by atoms with Gasteiger partial charge in [-0.3, -0.25) is 0 Å². The maximum Gasteiger partial charge on any atom is 0.215 e. The maximum atomic E-state index is 12.0. The average Bonchev–Trinajstić information content (AvgIpc) is 3.01. The van der Waals surface area contributed by atoms with Crippen LogP contribution in [-0.2, 0) is 10.0 Å². The Morgan fingerprint density at radius 3 is 2.33 bits per heavy atom. The Morgan fingerprint density at radius 2 is 1.80 bits per heavy atom. The van der Waals surface area contributed by atoms with E-state index in [0.717, 1.165) is 32.1 Å². The van der Waals surface area contributed by atoms with Crippen molar-refractivity contribution < 1.29 is 8.42 Å². The fraction of sp³-hybridized carbons (Fsp3) is 1.00. The van der Waals surface area contributed by atoms with Gasteiger partial charge in [0.1, 0.15) is 0 Å². The summed E-state index contributed by atoms with van der Waals surface area (Å²) in [5.74, 6) is 0.613. The Balaban J connectivity index is 1.92. The van der Waals surface area contributed by atoms with Gasteiger partial charge >= 0.3 is 0 Å². The monoisotopic (exact) mass is 232 g/mol. The minimum atomic E-state index is -3.08. The molecule has 0 aromatic rings. The van der Waals surface area contributed by atoms with Gasteiger partial charge in [-0.15, -0.1) is 0 Å². The van der Waals surface area contributed by atoms with Gasteiger partial charge in [-0.2, -0.15) is 0 Å². The molecule has 0 amide bonds. The highest BCUT2D eigenvalue weighted by atomic mass is 32.2. The minimum Gasteiger partial charge on any atom is -0.326 e. The second-order valence-electron chi connectivity index (χ2n) is 4.74. The van der Waals surface area contributed by atoms with Crippen molar-refractivity contribution in [1.29, 1.82) is 0 Å². The van der Waals surface area contributed by atoms with E-state index in [1.54, 1.807) is 4.31 Å². The molecule has 88 valence electrons. The lowest BCUT2D eigenvalue weighted by Crippen LogP contribution is -2.42. The van der Waals surface area contributed by atoms with Crippen LogP contribution < -0.4 is 5.73 Å². The first kappa shape index (κ1) is 11.4. The fourth-order valence-electron chi connectivity index (χ4n) is 2.15. The van der Waals surface area contributed by atoms with Crippen LogP contribution in [0.4, 0.5) is 0 Å². The number of nitrogens with zero attached hydrogens (tertiary/aromatic N) is 1. The summed E-state index contributed by atoms with van der Waals surface area (Å²) in [6, 6.07) is -0.142. The summed E-state index contributed by atoms with van der Waals surface area (Å²) in [6.45, 7) is 1.39. The number of sulfonamides is 1. The van der Waals surface area contributed by atoms with Crippen molar-refractivity contribution in [3.05, 3.63) is 0 Å². The van der Waals surface area contributed by atoms with E-state index in [0.29, 0.717) is 19.0 Å². The van der Waals surface area contributed by atoms with Crippen molar-refractivity contribution in [2.24, 2.45) is 11.7 Å². The van der Waals surface area contributed by atoms with Gasteiger partial charge in [-0.25, -0.2) is 12.7 Å². The van der Waals surface area contributed by atoms with Crippen molar-refractivity contribution in [3.63, 3.8) is 0 Å². The molecule has 2 rings (SSSR count). The lowest BCUT2D eigenvalue weighted by Gasteiger charge is -2.27. The molecule has 2 aliphatic rings. The van der Waals surface area contributed by atoms with E-state index in [2.05, 4.69) is 0 Å². The van der Waals surface area contributed by atoms with Crippen molar-refractivity contribution in [3.8, 4) is 0 Å². The first-order valence-electron chi connectivity index (χ1n) is 5.83. The van der Waals surface area contributed by atoms with Crippen LogP contribution in [0.25, 0.3) is 0 Å². The zero-order valence-electron chi connectivity index (χ0n) is 9.06. The van der Waals surface area contributed by atoms with Gasteiger partial charge in [-0.1, -0.05) is 6.42 Å². The van der Waals surface area contributed by atoms with E-state index in [9.17, 15) is 8.42 Å². The molecule has 0 aromatic carbocycles. The van der Waals surface area contributed by atoms with Crippen LogP contribution in [0.1, 0.15) is 32.1 Å². The standard InChI is InChI=1S/C10H20N2O2S/c11-10(9-4-5-9)8-15(13,14)12-6-2-1-3-7-12/h9-10H,1-8,11H2. The molecule has 1 unspecified atom stereocenters. The average molecular weight is 232 g/mol. The van der Waals surface area contributed by atoms with Gasteiger partial charge in [0.25, 0.3) is 0 Å². The van der Waals surface area contributed by atoms with Gasteiger partial charge in [-0.05, 0) is 31.6 Å². The van der Waals surface area contributed by atoms with Crippen LogP contribution in [0.3, 0.4) is 0 Å². The number of piperidine rings is 1. The number of hydrogen-bond acceptors (Lipinski definition) is 3. The molecular weight excluding hydrogens is 212 g/mol. The van der Waals surface area contributed by atoms with Crippen LogP contribution in [0.5, 0.6) is 0 Å². The predicted octanol–water partition coefficient (Wildman–Crippen LogP) is 0.539. The Hall–Kier alpha value is -0.130. The normalized spacial score (nSPS) is 26.5. The van der Waals surface area contributed by atoms with E-state index < -0.39 is 10.0 Å². The Morgan fingerprint density at radius 1 is 1.20 bits per heavy atom. The molecule has 1 aliphatic carbocycles. The highest BCUT2D eigenvalue weighted by Crippen LogP contribution is 2.32. The van der Waals surface area contributed by atoms with Gasteiger partial charge in [0.15, 0.2) is 0 Å². The summed E-state index contributed by atoms with van der Waals surface area (Å²) < 4.78 is 25.6. The van der Waals surface area contributed by atoms with Crippen LogP contribution >= 0.6 is 0 Å². The van der Waals surface area contributed by atoms with Crippen LogP contribution in [0, 0.1) is 5.92 Å². The fourth-order valence-corrected chi connectivity index (χ4v) is 3.94. The Kier molecular flexibility index (Phi) is 3.33. The first-order chi connectivity index (χ1) is 7.09. The molecule has 1 atom stereocenters. The number of nitrogens with two attached hydrogens (primary N) is 1. The summed E-state index contributed by atoms with van der Waals surface area (Å²) in [7, 11) is -3.08. The molecular formula is C10H20N2O2S. The second kappa shape index (κ2) is 4.39. The maximum absolute atomic E-state index is 12.0.